The third-order valence-corrected chi connectivity index (χ3v) is 3.85. The Bertz CT molecular complexity index is 569. The van der Waals surface area contributed by atoms with Crippen molar-refractivity contribution in [3.63, 3.8) is 0 Å². The fourth-order valence-corrected chi connectivity index (χ4v) is 2.88. The highest BCUT2D eigenvalue weighted by Gasteiger charge is 2.18. The van der Waals surface area contributed by atoms with Crippen molar-refractivity contribution in [2.24, 2.45) is 0 Å². The van der Waals surface area contributed by atoms with Crippen LogP contribution in [0.25, 0.3) is 0 Å². The molecule has 0 spiro atoms. The molecule has 0 aliphatic heterocycles. The zero-order valence-electron chi connectivity index (χ0n) is 10.5. The molecule has 0 aromatic heterocycles. The number of benzene rings is 2. The Morgan fingerprint density at radius 1 is 0.947 bits per heavy atom. The van der Waals surface area contributed by atoms with E-state index in [4.69, 9.17) is 20.9 Å². The maximum Gasteiger partial charge on any atom is 0.432 e. The van der Waals surface area contributed by atoms with Gasteiger partial charge in [0, 0.05) is 11.8 Å². The van der Waals surface area contributed by atoms with Crippen molar-refractivity contribution < 1.29 is 13.9 Å². The minimum Gasteiger partial charge on any atom is -0.416 e. The molecule has 0 aliphatic rings. The molecule has 0 saturated carbocycles. The largest absolute Gasteiger partial charge is 0.432 e. The number of hydrogen-bond donors (Lipinski definition) is 1. The summed E-state index contributed by atoms with van der Waals surface area (Å²) in [6.45, 7) is -1.25. The minimum atomic E-state index is -3.33. The molecule has 5 heteroatoms. The van der Waals surface area contributed by atoms with E-state index in [1.54, 1.807) is 36.4 Å². The van der Waals surface area contributed by atoms with Crippen LogP contribution in [0.15, 0.2) is 54.6 Å². The Kier molecular flexibility index (Phi) is 4.59. The third-order valence-electron chi connectivity index (χ3n) is 2.52. The van der Waals surface area contributed by atoms with E-state index in [9.17, 15) is 4.89 Å². The summed E-state index contributed by atoms with van der Waals surface area (Å²) >= 11 is 4.99. The van der Waals surface area contributed by atoms with E-state index in [-0.39, 0.29) is 0 Å². The van der Waals surface area contributed by atoms with Gasteiger partial charge < -0.3 is 13.9 Å². The molecule has 0 heterocycles. The van der Waals surface area contributed by atoms with Gasteiger partial charge in [-0.3, -0.25) is 0 Å². The summed E-state index contributed by atoms with van der Waals surface area (Å²) in [5, 5.41) is 0. The van der Waals surface area contributed by atoms with E-state index in [1.165, 1.54) is 5.56 Å². The van der Waals surface area contributed by atoms with Crippen LogP contribution in [-0.2, 0) is 18.2 Å². The zero-order valence-corrected chi connectivity index (χ0v) is 12.2. The van der Waals surface area contributed by atoms with E-state index in [2.05, 4.69) is 6.92 Å². The van der Waals surface area contributed by atoms with E-state index in [0.29, 0.717) is 11.5 Å². The lowest BCUT2D eigenvalue weighted by Crippen LogP contribution is -1.99. The van der Waals surface area contributed by atoms with Crippen LogP contribution in [0.1, 0.15) is 12.5 Å². The highest BCUT2D eigenvalue weighted by Crippen LogP contribution is 2.44. The second kappa shape index (κ2) is 6.20. The summed E-state index contributed by atoms with van der Waals surface area (Å²) in [7, 11) is 0. The second-order valence-electron chi connectivity index (χ2n) is 3.96. The van der Waals surface area contributed by atoms with E-state index >= 15 is 0 Å². The first kappa shape index (κ1) is 14.1. The van der Waals surface area contributed by atoms with Crippen molar-refractivity contribution in [1.29, 1.82) is 0 Å². The molecule has 0 radical (unpaired) electrons. The summed E-state index contributed by atoms with van der Waals surface area (Å²) in [4.78, 5) is 10.0. The summed E-state index contributed by atoms with van der Waals surface area (Å²) in [5.74, 6) is 1.01. The van der Waals surface area contributed by atoms with Crippen LogP contribution >= 0.6 is 6.72 Å². The Labute approximate surface area is 118 Å². The molecule has 1 atom stereocenters. The highest BCUT2D eigenvalue weighted by molar-refractivity contribution is 8.07. The van der Waals surface area contributed by atoms with Crippen molar-refractivity contribution in [3.05, 3.63) is 60.2 Å². The summed E-state index contributed by atoms with van der Waals surface area (Å²) in [6.07, 6.45) is 0.952. The van der Waals surface area contributed by atoms with E-state index in [0.717, 1.165) is 6.42 Å². The molecule has 3 nitrogen and oxygen atoms in total. The smallest absolute Gasteiger partial charge is 0.416 e. The number of hydrogen-bond acceptors (Lipinski definition) is 3. The van der Waals surface area contributed by atoms with Gasteiger partial charge in [-0.05, 0) is 36.2 Å². The molecular formula is C14H15O3PS. The van der Waals surface area contributed by atoms with Crippen molar-refractivity contribution >= 4 is 18.5 Å². The van der Waals surface area contributed by atoms with Crippen molar-refractivity contribution in [2.75, 3.05) is 0 Å². The minimum absolute atomic E-state index is 0.499. The average molecular weight is 294 g/mol. The maximum atomic E-state index is 10.0. The lowest BCUT2D eigenvalue weighted by Gasteiger charge is -2.17. The van der Waals surface area contributed by atoms with Crippen LogP contribution in [0.2, 0.25) is 0 Å². The SMILES string of the molecule is CCc1ccc(OP(O)(=S)Oc2ccccc2)cc1. The molecule has 100 valence electrons. The Balaban J connectivity index is 2.06. The molecule has 1 N–H and O–H groups in total. The van der Waals surface area contributed by atoms with Crippen LogP contribution in [-0.4, -0.2) is 4.89 Å². The molecule has 0 bridgehead atoms. The predicted molar refractivity (Wildman–Crippen MR) is 80.0 cm³/mol. The Morgan fingerprint density at radius 2 is 1.47 bits per heavy atom. The van der Waals surface area contributed by atoms with Crippen molar-refractivity contribution in [3.8, 4) is 11.5 Å². The second-order valence-corrected chi connectivity index (χ2v) is 6.65. The number of para-hydroxylation sites is 1. The van der Waals surface area contributed by atoms with Crippen LogP contribution in [0.5, 0.6) is 11.5 Å². The van der Waals surface area contributed by atoms with Crippen LogP contribution < -0.4 is 9.05 Å². The van der Waals surface area contributed by atoms with Gasteiger partial charge in [-0.2, -0.15) is 0 Å². The standard InChI is InChI=1S/C14H15O3PS/c1-2-12-8-10-14(11-9-12)17-18(15,19)16-13-6-4-3-5-7-13/h3-11H,2H2,1H3,(H,15,19). The van der Waals surface area contributed by atoms with Gasteiger partial charge in [-0.25, -0.2) is 0 Å². The fourth-order valence-electron chi connectivity index (χ4n) is 1.55. The number of rotatable bonds is 5. The Morgan fingerprint density at radius 3 is 2.00 bits per heavy atom. The Hall–Kier alpha value is -1.35. The molecule has 1 unspecified atom stereocenters. The summed E-state index contributed by atoms with van der Waals surface area (Å²) in [6, 6.07) is 16.4. The predicted octanol–water partition coefficient (Wildman–Crippen LogP) is 3.92. The molecule has 0 amide bonds. The summed E-state index contributed by atoms with van der Waals surface area (Å²) < 4.78 is 10.7. The molecule has 2 aromatic carbocycles. The van der Waals surface area contributed by atoms with E-state index in [1.807, 2.05) is 18.2 Å². The monoisotopic (exact) mass is 294 g/mol. The number of aryl methyl sites for hydroxylation is 1. The van der Waals surface area contributed by atoms with Crippen molar-refractivity contribution in [2.45, 2.75) is 13.3 Å². The van der Waals surface area contributed by atoms with Gasteiger partial charge in [0.1, 0.15) is 11.5 Å². The molecule has 0 saturated heterocycles. The lowest BCUT2D eigenvalue weighted by molar-refractivity contribution is 0.377. The van der Waals surface area contributed by atoms with Crippen LogP contribution in [0, 0.1) is 0 Å². The van der Waals surface area contributed by atoms with Gasteiger partial charge in [0.05, 0.1) is 0 Å². The molecular weight excluding hydrogens is 279 g/mol. The van der Waals surface area contributed by atoms with Gasteiger partial charge in [0.25, 0.3) is 0 Å². The highest BCUT2D eigenvalue weighted by atomic mass is 32.5. The van der Waals surface area contributed by atoms with E-state index < -0.39 is 6.72 Å². The first-order valence-corrected chi connectivity index (χ1v) is 8.54. The molecule has 2 aromatic rings. The first-order valence-electron chi connectivity index (χ1n) is 5.95. The maximum absolute atomic E-state index is 10.0. The van der Waals surface area contributed by atoms with Crippen molar-refractivity contribution in [1.82, 2.24) is 0 Å². The lowest BCUT2D eigenvalue weighted by atomic mass is 10.2. The molecule has 0 fully saturated rings. The van der Waals surface area contributed by atoms with Crippen LogP contribution in [0.3, 0.4) is 0 Å². The topological polar surface area (TPSA) is 38.7 Å². The average Bonchev–Trinajstić information content (AvgIpc) is 2.39. The molecule has 0 aliphatic carbocycles. The van der Waals surface area contributed by atoms with Gasteiger partial charge >= 0.3 is 6.72 Å². The summed E-state index contributed by atoms with van der Waals surface area (Å²) in [5.41, 5.74) is 1.20. The quantitative estimate of drug-likeness (QED) is 0.848. The first-order chi connectivity index (χ1) is 9.09. The zero-order chi connectivity index (χ0) is 13.7. The third kappa shape index (κ3) is 4.35. The molecule has 2 rings (SSSR count). The van der Waals surface area contributed by atoms with Gasteiger partial charge in [-0.15, -0.1) is 0 Å². The van der Waals surface area contributed by atoms with Crippen LogP contribution in [0.4, 0.5) is 0 Å². The normalized spacial score (nSPS) is 13.6. The van der Waals surface area contributed by atoms with Gasteiger partial charge in [0.15, 0.2) is 0 Å². The molecule has 19 heavy (non-hydrogen) atoms. The van der Waals surface area contributed by atoms with Gasteiger partial charge in [0.2, 0.25) is 0 Å². The fraction of sp³-hybridized carbons (Fsp3) is 0.143. The van der Waals surface area contributed by atoms with Gasteiger partial charge in [-0.1, -0.05) is 37.3 Å².